The molecule has 0 radical (unpaired) electrons. The number of rotatable bonds is 3. The maximum atomic E-state index is 13.7. The molecule has 0 saturated carbocycles. The van der Waals surface area contributed by atoms with Crippen molar-refractivity contribution < 1.29 is 12.8 Å². The molecule has 2 aromatic carbocycles. The van der Waals surface area contributed by atoms with Gasteiger partial charge in [-0.25, -0.2) is 12.8 Å². The van der Waals surface area contributed by atoms with Crippen molar-refractivity contribution in [2.24, 2.45) is 0 Å². The summed E-state index contributed by atoms with van der Waals surface area (Å²) in [5.74, 6) is -0.300. The van der Waals surface area contributed by atoms with Gasteiger partial charge in [0.15, 0.2) is 9.84 Å². The van der Waals surface area contributed by atoms with E-state index in [9.17, 15) is 12.8 Å². The predicted octanol–water partition coefficient (Wildman–Crippen LogP) is 3.85. The number of benzene rings is 2. The molecule has 5 heteroatoms. The Kier molecular flexibility index (Phi) is 3.97. The van der Waals surface area contributed by atoms with Crippen molar-refractivity contribution in [1.82, 2.24) is 0 Å². The Bertz CT molecular complexity index is 712. The maximum Gasteiger partial charge on any atom is 0.151 e. The molecule has 0 aromatic heterocycles. The highest BCUT2D eigenvalue weighted by molar-refractivity contribution is 9.09. The van der Waals surface area contributed by atoms with E-state index in [1.165, 1.54) is 12.3 Å². The van der Waals surface area contributed by atoms with E-state index in [0.717, 1.165) is 10.9 Å². The molecule has 0 fully saturated rings. The van der Waals surface area contributed by atoms with Gasteiger partial charge in [0.05, 0.1) is 10.1 Å². The van der Waals surface area contributed by atoms with Gasteiger partial charge in [0.2, 0.25) is 0 Å². The largest absolute Gasteiger partial charge is 0.229 e. The lowest BCUT2D eigenvalue weighted by Gasteiger charge is -2.19. The van der Waals surface area contributed by atoms with E-state index in [0.29, 0.717) is 5.39 Å². The molecule has 0 aliphatic carbocycles. The van der Waals surface area contributed by atoms with Gasteiger partial charge in [0.1, 0.15) is 5.82 Å². The van der Waals surface area contributed by atoms with Gasteiger partial charge in [-0.2, -0.15) is 0 Å². The number of halogens is 2. The maximum absolute atomic E-state index is 13.7. The summed E-state index contributed by atoms with van der Waals surface area (Å²) in [4.78, 5) is -0.368. The molecular formula is C14H14BrFO2S. The van der Waals surface area contributed by atoms with Gasteiger partial charge in [-0.1, -0.05) is 46.3 Å². The van der Waals surface area contributed by atoms with Crippen LogP contribution in [-0.4, -0.2) is 19.9 Å². The van der Waals surface area contributed by atoms with E-state index < -0.39 is 15.1 Å². The minimum Gasteiger partial charge on any atom is -0.229 e. The van der Waals surface area contributed by atoms with Crippen LogP contribution in [0.25, 0.3) is 10.8 Å². The van der Waals surface area contributed by atoms with Crippen molar-refractivity contribution in [3.63, 3.8) is 0 Å². The Labute approximate surface area is 120 Å². The summed E-state index contributed by atoms with van der Waals surface area (Å²) in [5, 5.41) is 0.659. The summed E-state index contributed by atoms with van der Waals surface area (Å²) >= 11 is 3.43. The molecule has 2 atom stereocenters. The Morgan fingerprint density at radius 3 is 2.26 bits per heavy atom. The van der Waals surface area contributed by atoms with Gasteiger partial charge in [-0.3, -0.25) is 0 Å². The smallest absolute Gasteiger partial charge is 0.151 e. The van der Waals surface area contributed by atoms with Crippen LogP contribution < -0.4 is 0 Å². The zero-order chi connectivity index (χ0) is 14.2. The van der Waals surface area contributed by atoms with E-state index in [2.05, 4.69) is 15.9 Å². The lowest BCUT2D eigenvalue weighted by Crippen LogP contribution is -2.21. The molecule has 102 valence electrons. The summed E-state index contributed by atoms with van der Waals surface area (Å²) in [6, 6.07) is 10.1. The lowest BCUT2D eigenvalue weighted by atomic mass is 10.0. The van der Waals surface area contributed by atoms with E-state index >= 15 is 0 Å². The standard InChI is InChI=1S/C14H14BrFO2S/c1-9(19(2,17)18)14(15)12-7-8-13(16)11-6-4-3-5-10(11)12/h3-9,14H,1-2H3. The fraction of sp³-hybridized carbons (Fsp3) is 0.286. The van der Waals surface area contributed by atoms with Crippen molar-refractivity contribution in [2.45, 2.75) is 17.0 Å². The summed E-state index contributed by atoms with van der Waals surface area (Å²) in [6.07, 6.45) is 1.21. The average Bonchev–Trinajstić information content (AvgIpc) is 2.37. The van der Waals surface area contributed by atoms with Crippen molar-refractivity contribution in [2.75, 3.05) is 6.26 Å². The first-order valence-electron chi connectivity index (χ1n) is 5.82. The van der Waals surface area contributed by atoms with Gasteiger partial charge in [0, 0.05) is 11.6 Å². The van der Waals surface area contributed by atoms with E-state index in [4.69, 9.17) is 0 Å². The molecule has 0 amide bonds. The molecule has 0 bridgehead atoms. The molecule has 0 spiro atoms. The van der Waals surface area contributed by atoms with Crippen molar-refractivity contribution in [3.05, 3.63) is 47.8 Å². The Balaban J connectivity index is 2.61. The number of fused-ring (bicyclic) bond motifs is 1. The number of alkyl halides is 1. The minimum absolute atomic E-state index is 0.300. The summed E-state index contributed by atoms with van der Waals surface area (Å²) in [7, 11) is -3.17. The fourth-order valence-corrected chi connectivity index (χ4v) is 4.15. The zero-order valence-corrected chi connectivity index (χ0v) is 13.0. The fourth-order valence-electron chi connectivity index (χ4n) is 2.00. The number of hydrogen-bond acceptors (Lipinski definition) is 2. The van der Waals surface area contributed by atoms with Crippen LogP contribution >= 0.6 is 15.9 Å². The van der Waals surface area contributed by atoms with Crippen LogP contribution in [0.3, 0.4) is 0 Å². The predicted molar refractivity (Wildman–Crippen MR) is 79.9 cm³/mol. The molecule has 0 saturated heterocycles. The van der Waals surface area contributed by atoms with Gasteiger partial charge in [-0.05, 0) is 23.9 Å². The molecule has 2 nitrogen and oxygen atoms in total. The van der Waals surface area contributed by atoms with Gasteiger partial charge in [-0.15, -0.1) is 0 Å². The van der Waals surface area contributed by atoms with Crippen molar-refractivity contribution in [3.8, 4) is 0 Å². The van der Waals surface area contributed by atoms with Crippen LogP contribution in [0.4, 0.5) is 4.39 Å². The molecule has 2 rings (SSSR count). The quantitative estimate of drug-likeness (QED) is 0.792. The van der Waals surface area contributed by atoms with Crippen LogP contribution in [0.1, 0.15) is 17.3 Å². The van der Waals surface area contributed by atoms with E-state index in [1.54, 1.807) is 31.2 Å². The van der Waals surface area contributed by atoms with Crippen LogP contribution in [-0.2, 0) is 9.84 Å². The molecule has 0 aliphatic rings. The molecule has 0 N–H and O–H groups in total. The van der Waals surface area contributed by atoms with Gasteiger partial charge < -0.3 is 0 Å². The Morgan fingerprint density at radius 2 is 1.68 bits per heavy atom. The Morgan fingerprint density at radius 1 is 1.11 bits per heavy atom. The monoisotopic (exact) mass is 344 g/mol. The molecular weight excluding hydrogens is 331 g/mol. The normalized spacial score (nSPS) is 15.4. The Hall–Kier alpha value is -0.940. The molecule has 0 heterocycles. The first kappa shape index (κ1) is 14.5. The van der Waals surface area contributed by atoms with Crippen molar-refractivity contribution in [1.29, 1.82) is 0 Å². The van der Waals surface area contributed by atoms with Gasteiger partial charge >= 0.3 is 0 Å². The summed E-state index contributed by atoms with van der Waals surface area (Å²) < 4.78 is 37.0. The van der Waals surface area contributed by atoms with Crippen LogP contribution in [0.2, 0.25) is 0 Å². The average molecular weight is 345 g/mol. The number of hydrogen-bond donors (Lipinski definition) is 0. The summed E-state index contributed by atoms with van der Waals surface area (Å²) in [6.45, 7) is 1.65. The zero-order valence-electron chi connectivity index (χ0n) is 10.6. The highest BCUT2D eigenvalue weighted by Crippen LogP contribution is 2.35. The van der Waals surface area contributed by atoms with Crippen LogP contribution in [0.15, 0.2) is 36.4 Å². The van der Waals surface area contributed by atoms with Crippen LogP contribution in [0, 0.1) is 5.82 Å². The van der Waals surface area contributed by atoms with E-state index in [1.807, 2.05) is 6.07 Å². The third-order valence-corrected chi connectivity index (χ3v) is 6.55. The minimum atomic E-state index is -3.17. The topological polar surface area (TPSA) is 34.1 Å². The van der Waals surface area contributed by atoms with E-state index in [-0.39, 0.29) is 10.6 Å². The lowest BCUT2D eigenvalue weighted by molar-refractivity contribution is 0.588. The second-order valence-corrected chi connectivity index (χ2v) is 8.01. The SMILES string of the molecule is CC(C(Br)c1ccc(F)c2ccccc12)S(C)(=O)=O. The molecule has 19 heavy (non-hydrogen) atoms. The highest BCUT2D eigenvalue weighted by Gasteiger charge is 2.26. The molecule has 2 aromatic rings. The van der Waals surface area contributed by atoms with Crippen LogP contribution in [0.5, 0.6) is 0 Å². The number of sulfone groups is 1. The first-order valence-corrected chi connectivity index (χ1v) is 8.69. The molecule has 0 aliphatic heterocycles. The third-order valence-electron chi connectivity index (χ3n) is 3.29. The highest BCUT2D eigenvalue weighted by atomic mass is 79.9. The van der Waals surface area contributed by atoms with Crippen molar-refractivity contribution >= 4 is 36.5 Å². The second-order valence-electron chi connectivity index (χ2n) is 4.62. The summed E-state index contributed by atoms with van der Waals surface area (Å²) in [5.41, 5.74) is 0.787. The third kappa shape index (κ3) is 2.82. The second kappa shape index (κ2) is 5.21. The first-order chi connectivity index (χ1) is 8.82. The molecule has 2 unspecified atom stereocenters. The van der Waals surface area contributed by atoms with Gasteiger partial charge in [0.25, 0.3) is 0 Å².